The van der Waals surface area contributed by atoms with E-state index < -0.39 is 9.84 Å². The number of sulfone groups is 1. The minimum Gasteiger partial charge on any atom is -0.493 e. The van der Waals surface area contributed by atoms with Crippen LogP contribution < -0.4 is 10.1 Å². The molecule has 0 radical (unpaired) electrons. The Morgan fingerprint density at radius 1 is 1.30 bits per heavy atom. The summed E-state index contributed by atoms with van der Waals surface area (Å²) >= 11 is 0. The molecule has 6 heteroatoms. The highest BCUT2D eigenvalue weighted by atomic mass is 32.2. The third-order valence-corrected chi connectivity index (χ3v) is 4.69. The van der Waals surface area contributed by atoms with Gasteiger partial charge in [-0.1, -0.05) is 0 Å². The molecule has 1 aromatic carbocycles. The molecule has 0 amide bonds. The molecule has 0 saturated carbocycles. The van der Waals surface area contributed by atoms with E-state index in [0.717, 1.165) is 19.5 Å². The minimum absolute atomic E-state index is 0.214. The van der Waals surface area contributed by atoms with E-state index in [0.29, 0.717) is 23.2 Å². The fourth-order valence-corrected chi connectivity index (χ4v) is 2.99. The van der Waals surface area contributed by atoms with Crippen molar-refractivity contribution in [3.05, 3.63) is 24.3 Å². The van der Waals surface area contributed by atoms with Gasteiger partial charge in [0.05, 0.1) is 17.6 Å². The Morgan fingerprint density at radius 3 is 2.60 bits per heavy atom. The Hall–Kier alpha value is -1.11. The van der Waals surface area contributed by atoms with Crippen LogP contribution in [0.5, 0.6) is 5.75 Å². The fourth-order valence-electron chi connectivity index (χ4n) is 2.36. The highest BCUT2D eigenvalue weighted by Crippen LogP contribution is 2.19. The maximum Gasteiger partial charge on any atom is 0.175 e. The molecule has 0 aliphatic carbocycles. The van der Waals surface area contributed by atoms with E-state index in [9.17, 15) is 8.42 Å². The standard InChI is InChI=1S/C14H21NO4S/c1-18-14-7-8-15-9-11(14)10-19-12-3-5-13(6-4-12)20(2,16)17/h3-6,11,14-15H,7-10H2,1-2H3. The number of ether oxygens (including phenoxy) is 2. The van der Waals surface area contributed by atoms with Crippen LogP contribution >= 0.6 is 0 Å². The summed E-state index contributed by atoms with van der Waals surface area (Å²) in [5.74, 6) is 0.987. The normalized spacial score (nSPS) is 23.5. The molecular weight excluding hydrogens is 278 g/mol. The van der Waals surface area contributed by atoms with Crippen LogP contribution in [0.3, 0.4) is 0 Å². The van der Waals surface area contributed by atoms with Crippen molar-refractivity contribution in [2.24, 2.45) is 5.92 Å². The Balaban J connectivity index is 1.93. The lowest BCUT2D eigenvalue weighted by Gasteiger charge is -2.30. The van der Waals surface area contributed by atoms with E-state index in [1.807, 2.05) is 0 Å². The van der Waals surface area contributed by atoms with Crippen LogP contribution in [-0.2, 0) is 14.6 Å². The third kappa shape index (κ3) is 3.94. The van der Waals surface area contributed by atoms with Gasteiger partial charge < -0.3 is 14.8 Å². The van der Waals surface area contributed by atoms with Crippen LogP contribution in [0, 0.1) is 5.92 Å². The van der Waals surface area contributed by atoms with Crippen LogP contribution in [0.1, 0.15) is 6.42 Å². The fraction of sp³-hybridized carbons (Fsp3) is 0.571. The molecule has 0 spiro atoms. The van der Waals surface area contributed by atoms with Gasteiger partial charge in [-0.15, -0.1) is 0 Å². The first-order valence-electron chi connectivity index (χ1n) is 6.67. The minimum atomic E-state index is -3.15. The number of hydrogen-bond donors (Lipinski definition) is 1. The SMILES string of the molecule is COC1CCNCC1COc1ccc(S(C)(=O)=O)cc1. The summed E-state index contributed by atoms with van der Waals surface area (Å²) in [6.07, 6.45) is 2.39. The predicted molar refractivity (Wildman–Crippen MR) is 76.8 cm³/mol. The summed E-state index contributed by atoms with van der Waals surface area (Å²) in [6.45, 7) is 2.40. The van der Waals surface area contributed by atoms with Gasteiger partial charge in [-0.25, -0.2) is 8.42 Å². The number of hydrogen-bond acceptors (Lipinski definition) is 5. The highest BCUT2D eigenvalue weighted by molar-refractivity contribution is 7.90. The van der Waals surface area contributed by atoms with Gasteiger partial charge in [0.1, 0.15) is 5.75 Å². The second kappa shape index (κ2) is 6.56. The van der Waals surface area contributed by atoms with Crippen molar-refractivity contribution in [3.8, 4) is 5.75 Å². The van der Waals surface area contributed by atoms with Gasteiger partial charge in [0.15, 0.2) is 9.84 Å². The molecule has 0 aromatic heterocycles. The number of benzene rings is 1. The highest BCUT2D eigenvalue weighted by Gasteiger charge is 2.25. The van der Waals surface area contributed by atoms with Gasteiger partial charge in [-0.3, -0.25) is 0 Å². The molecule has 1 aliphatic rings. The van der Waals surface area contributed by atoms with Gasteiger partial charge in [-0.2, -0.15) is 0 Å². The molecule has 1 saturated heterocycles. The summed E-state index contributed by atoms with van der Waals surface area (Å²) in [7, 11) is -1.43. The number of methoxy groups -OCH3 is 1. The van der Waals surface area contributed by atoms with Gasteiger partial charge in [0, 0.05) is 25.8 Å². The summed E-state index contributed by atoms with van der Waals surface area (Å²) in [5, 5.41) is 3.33. The van der Waals surface area contributed by atoms with Crippen molar-refractivity contribution in [3.63, 3.8) is 0 Å². The van der Waals surface area contributed by atoms with E-state index >= 15 is 0 Å². The van der Waals surface area contributed by atoms with Crippen LogP contribution in [0.2, 0.25) is 0 Å². The van der Waals surface area contributed by atoms with Crippen LogP contribution in [0.15, 0.2) is 29.2 Å². The molecule has 1 aromatic rings. The first-order valence-corrected chi connectivity index (χ1v) is 8.56. The predicted octanol–water partition coefficient (Wildman–Crippen LogP) is 1.09. The van der Waals surface area contributed by atoms with E-state index in [1.165, 1.54) is 6.26 Å². The molecule has 2 rings (SSSR count). The maximum atomic E-state index is 11.4. The molecule has 1 N–H and O–H groups in total. The van der Waals surface area contributed by atoms with Crippen molar-refractivity contribution in [1.82, 2.24) is 5.32 Å². The smallest absolute Gasteiger partial charge is 0.175 e. The van der Waals surface area contributed by atoms with Crippen LogP contribution in [0.4, 0.5) is 0 Å². The van der Waals surface area contributed by atoms with E-state index in [4.69, 9.17) is 9.47 Å². The summed E-state index contributed by atoms with van der Waals surface area (Å²) in [5.41, 5.74) is 0. The molecule has 2 atom stereocenters. The van der Waals surface area contributed by atoms with E-state index in [-0.39, 0.29) is 6.10 Å². The zero-order chi connectivity index (χ0) is 14.6. The second-order valence-electron chi connectivity index (χ2n) is 5.08. The molecule has 112 valence electrons. The largest absolute Gasteiger partial charge is 0.493 e. The van der Waals surface area contributed by atoms with Crippen LogP contribution in [0.25, 0.3) is 0 Å². The first kappa shape index (κ1) is 15.3. The Bertz CT molecular complexity index is 527. The molecule has 2 unspecified atom stereocenters. The molecule has 1 fully saturated rings. The Kier molecular flexibility index (Phi) is 5.01. The molecule has 5 nitrogen and oxygen atoms in total. The zero-order valence-electron chi connectivity index (χ0n) is 11.8. The van der Waals surface area contributed by atoms with Gasteiger partial charge in [0.25, 0.3) is 0 Å². The van der Waals surface area contributed by atoms with Crippen molar-refractivity contribution in [2.75, 3.05) is 33.1 Å². The molecule has 20 heavy (non-hydrogen) atoms. The quantitative estimate of drug-likeness (QED) is 0.882. The molecule has 0 bridgehead atoms. The van der Waals surface area contributed by atoms with Crippen molar-refractivity contribution >= 4 is 9.84 Å². The molecule has 1 heterocycles. The lowest BCUT2D eigenvalue weighted by Crippen LogP contribution is -2.43. The Morgan fingerprint density at radius 2 is 2.00 bits per heavy atom. The molecular formula is C14H21NO4S. The number of nitrogens with one attached hydrogen (secondary N) is 1. The van der Waals surface area contributed by atoms with E-state index in [2.05, 4.69) is 5.32 Å². The summed E-state index contributed by atoms with van der Waals surface area (Å²) in [4.78, 5) is 0.305. The third-order valence-electron chi connectivity index (χ3n) is 3.56. The number of piperidine rings is 1. The summed E-state index contributed by atoms with van der Waals surface area (Å²) < 4.78 is 33.9. The average molecular weight is 299 g/mol. The summed E-state index contributed by atoms with van der Waals surface area (Å²) in [6, 6.07) is 6.51. The monoisotopic (exact) mass is 299 g/mol. The number of rotatable bonds is 5. The van der Waals surface area contributed by atoms with Gasteiger partial charge >= 0.3 is 0 Å². The lowest BCUT2D eigenvalue weighted by molar-refractivity contribution is 0.0122. The second-order valence-corrected chi connectivity index (χ2v) is 7.10. The average Bonchev–Trinajstić information content (AvgIpc) is 2.45. The van der Waals surface area contributed by atoms with Crippen molar-refractivity contribution < 1.29 is 17.9 Å². The lowest BCUT2D eigenvalue weighted by atomic mass is 9.97. The topological polar surface area (TPSA) is 64.6 Å². The first-order chi connectivity index (χ1) is 9.50. The van der Waals surface area contributed by atoms with Gasteiger partial charge in [-0.05, 0) is 37.2 Å². The van der Waals surface area contributed by atoms with Crippen molar-refractivity contribution in [1.29, 1.82) is 0 Å². The van der Waals surface area contributed by atoms with Gasteiger partial charge in [0.2, 0.25) is 0 Å². The van der Waals surface area contributed by atoms with E-state index in [1.54, 1.807) is 31.4 Å². The Labute approximate surface area is 120 Å². The zero-order valence-corrected chi connectivity index (χ0v) is 12.7. The van der Waals surface area contributed by atoms with Crippen molar-refractivity contribution in [2.45, 2.75) is 17.4 Å². The molecule has 1 aliphatic heterocycles. The van der Waals surface area contributed by atoms with Crippen LogP contribution in [-0.4, -0.2) is 47.6 Å². The maximum absolute atomic E-state index is 11.4.